The Morgan fingerprint density at radius 3 is 2.46 bits per heavy atom. The Bertz CT molecular complexity index is 164. The summed E-state index contributed by atoms with van der Waals surface area (Å²) in [6.07, 6.45) is 11.8. The molecule has 1 saturated carbocycles. The third kappa shape index (κ3) is 3.95. The van der Waals surface area contributed by atoms with Crippen molar-refractivity contribution in [3.05, 3.63) is 12.2 Å². The lowest BCUT2D eigenvalue weighted by atomic mass is 9.87. The summed E-state index contributed by atoms with van der Waals surface area (Å²) in [7, 11) is 0. The van der Waals surface area contributed by atoms with E-state index in [1.165, 1.54) is 32.1 Å². The molecule has 0 aromatic carbocycles. The lowest BCUT2D eigenvalue weighted by molar-refractivity contribution is 0.107. The lowest BCUT2D eigenvalue weighted by Crippen LogP contribution is -2.19. The molecule has 0 saturated heterocycles. The molecule has 0 aliphatic heterocycles. The van der Waals surface area contributed by atoms with E-state index in [4.69, 9.17) is 0 Å². The lowest BCUT2D eigenvalue weighted by Gasteiger charge is -2.21. The van der Waals surface area contributed by atoms with Gasteiger partial charge in [0.1, 0.15) is 0 Å². The molecular weight excluding hydrogens is 160 g/mol. The molecule has 0 spiro atoms. The fourth-order valence-corrected chi connectivity index (χ4v) is 1.79. The van der Waals surface area contributed by atoms with Gasteiger partial charge in [0.05, 0.1) is 5.60 Å². The first-order valence-corrected chi connectivity index (χ1v) is 5.56. The minimum atomic E-state index is -0.586. The second-order valence-corrected chi connectivity index (χ2v) is 4.47. The SMILES string of the molecule is CC[C@](C)(O)C=CC1CCCCC1. The average Bonchev–Trinajstić information content (AvgIpc) is 2.17. The van der Waals surface area contributed by atoms with Crippen molar-refractivity contribution in [3.8, 4) is 0 Å². The minimum Gasteiger partial charge on any atom is -0.386 e. The van der Waals surface area contributed by atoms with E-state index in [2.05, 4.69) is 6.08 Å². The van der Waals surface area contributed by atoms with E-state index < -0.39 is 5.60 Å². The van der Waals surface area contributed by atoms with E-state index in [9.17, 15) is 5.11 Å². The summed E-state index contributed by atoms with van der Waals surface area (Å²) in [4.78, 5) is 0. The van der Waals surface area contributed by atoms with Gasteiger partial charge in [-0.1, -0.05) is 38.3 Å². The first-order chi connectivity index (χ1) is 6.14. The van der Waals surface area contributed by atoms with Gasteiger partial charge in [0.2, 0.25) is 0 Å². The van der Waals surface area contributed by atoms with Crippen LogP contribution in [0, 0.1) is 5.92 Å². The van der Waals surface area contributed by atoms with Crippen LogP contribution in [0.3, 0.4) is 0 Å². The Labute approximate surface area is 81.9 Å². The Balaban J connectivity index is 2.37. The predicted molar refractivity (Wildman–Crippen MR) is 56.6 cm³/mol. The third-order valence-electron chi connectivity index (χ3n) is 3.09. The van der Waals surface area contributed by atoms with Gasteiger partial charge in [-0.05, 0) is 32.1 Å². The highest BCUT2D eigenvalue weighted by Crippen LogP contribution is 2.25. The molecule has 0 radical (unpaired) electrons. The van der Waals surface area contributed by atoms with E-state index in [0.29, 0.717) is 0 Å². The van der Waals surface area contributed by atoms with Crippen molar-refractivity contribution in [3.63, 3.8) is 0 Å². The maximum absolute atomic E-state index is 9.77. The predicted octanol–water partition coefficient (Wildman–Crippen LogP) is 3.28. The van der Waals surface area contributed by atoms with Crippen LogP contribution < -0.4 is 0 Å². The van der Waals surface area contributed by atoms with E-state index in [1.807, 2.05) is 19.9 Å². The van der Waals surface area contributed by atoms with Crippen molar-refractivity contribution in [2.24, 2.45) is 5.92 Å². The van der Waals surface area contributed by atoms with Crippen LogP contribution in [0.15, 0.2) is 12.2 Å². The highest BCUT2D eigenvalue weighted by Gasteiger charge is 2.15. The van der Waals surface area contributed by atoms with Crippen molar-refractivity contribution in [1.82, 2.24) is 0 Å². The minimum absolute atomic E-state index is 0.586. The summed E-state index contributed by atoms with van der Waals surface area (Å²) < 4.78 is 0. The standard InChI is InChI=1S/C12H22O/c1-3-12(2,13)10-9-11-7-5-4-6-8-11/h9-11,13H,3-8H2,1-2H3/t12-/m0/s1. The molecule has 0 bridgehead atoms. The quantitative estimate of drug-likeness (QED) is 0.664. The molecule has 1 N–H and O–H groups in total. The zero-order chi connectivity index (χ0) is 9.73. The van der Waals surface area contributed by atoms with Gasteiger partial charge in [0, 0.05) is 0 Å². The van der Waals surface area contributed by atoms with Crippen LogP contribution >= 0.6 is 0 Å². The molecule has 13 heavy (non-hydrogen) atoms. The van der Waals surface area contributed by atoms with E-state index in [1.54, 1.807) is 0 Å². The summed E-state index contributed by atoms with van der Waals surface area (Å²) in [5.41, 5.74) is -0.586. The van der Waals surface area contributed by atoms with Gasteiger partial charge in [0.25, 0.3) is 0 Å². The van der Waals surface area contributed by atoms with Gasteiger partial charge in [0.15, 0.2) is 0 Å². The molecule has 0 aromatic rings. The van der Waals surface area contributed by atoms with Crippen molar-refractivity contribution in [2.75, 3.05) is 0 Å². The van der Waals surface area contributed by atoms with Crippen molar-refractivity contribution in [1.29, 1.82) is 0 Å². The zero-order valence-corrected chi connectivity index (χ0v) is 8.92. The van der Waals surface area contributed by atoms with Crippen LogP contribution in [-0.4, -0.2) is 10.7 Å². The second kappa shape index (κ2) is 4.80. The molecule has 1 atom stereocenters. The Kier molecular flexibility index (Phi) is 3.98. The molecule has 1 aliphatic rings. The van der Waals surface area contributed by atoms with Gasteiger partial charge in [-0.3, -0.25) is 0 Å². The Morgan fingerprint density at radius 1 is 1.31 bits per heavy atom. The topological polar surface area (TPSA) is 20.2 Å². The maximum Gasteiger partial charge on any atom is 0.0797 e. The molecule has 1 heteroatoms. The van der Waals surface area contributed by atoms with Crippen molar-refractivity contribution < 1.29 is 5.11 Å². The van der Waals surface area contributed by atoms with Crippen LogP contribution in [0.5, 0.6) is 0 Å². The van der Waals surface area contributed by atoms with Gasteiger partial charge < -0.3 is 5.11 Å². The summed E-state index contributed by atoms with van der Waals surface area (Å²) >= 11 is 0. The number of allylic oxidation sites excluding steroid dienone is 1. The number of aliphatic hydroxyl groups is 1. The molecule has 1 fully saturated rings. The Hall–Kier alpha value is -0.300. The van der Waals surface area contributed by atoms with Crippen LogP contribution in [0.25, 0.3) is 0 Å². The Morgan fingerprint density at radius 2 is 1.92 bits per heavy atom. The molecule has 76 valence electrons. The zero-order valence-electron chi connectivity index (χ0n) is 8.92. The number of rotatable bonds is 3. The fourth-order valence-electron chi connectivity index (χ4n) is 1.79. The van der Waals surface area contributed by atoms with E-state index in [-0.39, 0.29) is 0 Å². The van der Waals surface area contributed by atoms with Crippen molar-refractivity contribution >= 4 is 0 Å². The molecule has 0 aromatic heterocycles. The molecule has 0 unspecified atom stereocenters. The normalized spacial score (nSPS) is 24.8. The molecular formula is C12H22O. The monoisotopic (exact) mass is 182 g/mol. The largest absolute Gasteiger partial charge is 0.386 e. The van der Waals surface area contributed by atoms with E-state index >= 15 is 0 Å². The molecule has 0 heterocycles. The summed E-state index contributed by atoms with van der Waals surface area (Å²) in [6, 6.07) is 0. The maximum atomic E-state index is 9.77. The highest BCUT2D eigenvalue weighted by atomic mass is 16.3. The fraction of sp³-hybridized carbons (Fsp3) is 0.833. The first-order valence-electron chi connectivity index (χ1n) is 5.56. The van der Waals surface area contributed by atoms with Crippen LogP contribution in [0.4, 0.5) is 0 Å². The smallest absolute Gasteiger partial charge is 0.0797 e. The summed E-state index contributed by atoms with van der Waals surface area (Å²) in [5.74, 6) is 0.728. The number of hydrogen-bond acceptors (Lipinski definition) is 1. The number of hydrogen-bond donors (Lipinski definition) is 1. The van der Waals surface area contributed by atoms with E-state index in [0.717, 1.165) is 12.3 Å². The third-order valence-corrected chi connectivity index (χ3v) is 3.09. The second-order valence-electron chi connectivity index (χ2n) is 4.47. The molecule has 1 aliphatic carbocycles. The molecule has 1 nitrogen and oxygen atoms in total. The van der Waals surface area contributed by atoms with Crippen LogP contribution in [0.2, 0.25) is 0 Å². The molecule has 1 rings (SSSR count). The van der Waals surface area contributed by atoms with Crippen LogP contribution in [-0.2, 0) is 0 Å². The molecule has 0 amide bonds. The first kappa shape index (κ1) is 10.8. The summed E-state index contributed by atoms with van der Waals surface area (Å²) in [5, 5.41) is 9.77. The van der Waals surface area contributed by atoms with Gasteiger partial charge in [-0.15, -0.1) is 0 Å². The summed E-state index contributed by atoms with van der Waals surface area (Å²) in [6.45, 7) is 3.90. The van der Waals surface area contributed by atoms with Gasteiger partial charge in [-0.25, -0.2) is 0 Å². The highest BCUT2D eigenvalue weighted by molar-refractivity contribution is 5.00. The average molecular weight is 182 g/mol. The van der Waals surface area contributed by atoms with Crippen LogP contribution in [0.1, 0.15) is 52.4 Å². The van der Waals surface area contributed by atoms with Gasteiger partial charge in [-0.2, -0.15) is 0 Å². The van der Waals surface area contributed by atoms with Gasteiger partial charge >= 0.3 is 0 Å². The van der Waals surface area contributed by atoms with Crippen molar-refractivity contribution in [2.45, 2.75) is 58.0 Å².